The molecule has 1 aromatic heterocycles. The van der Waals surface area contributed by atoms with E-state index in [9.17, 15) is 9.18 Å². The largest absolute Gasteiger partial charge is 0.337 e. The fourth-order valence-corrected chi connectivity index (χ4v) is 2.92. The smallest absolute Gasteiger partial charge is 0.251 e. The normalized spacial score (nSPS) is 14.8. The Morgan fingerprint density at radius 3 is 2.54 bits per heavy atom. The fourth-order valence-electron chi connectivity index (χ4n) is 2.92. The van der Waals surface area contributed by atoms with Gasteiger partial charge in [0.05, 0.1) is 0 Å². The zero-order valence-electron chi connectivity index (χ0n) is 15.3. The summed E-state index contributed by atoms with van der Waals surface area (Å²) in [6, 6.07) is 6.63. The van der Waals surface area contributed by atoms with Gasteiger partial charge < -0.3 is 10.2 Å². The van der Waals surface area contributed by atoms with Crippen LogP contribution in [0.5, 0.6) is 0 Å². The number of hydrogen-bond donors (Lipinski definition) is 1. The molecular weight excluding hydrogens is 331 g/mol. The number of amides is 1. The summed E-state index contributed by atoms with van der Waals surface area (Å²) in [5, 5.41) is 2.79. The van der Waals surface area contributed by atoms with Crippen molar-refractivity contribution in [2.75, 3.05) is 23.3 Å². The average Bonchev–Trinajstić information content (AvgIpc) is 2.61. The zero-order valence-corrected chi connectivity index (χ0v) is 15.3. The molecule has 2 heterocycles. The Labute approximate surface area is 153 Å². The van der Waals surface area contributed by atoms with Crippen molar-refractivity contribution in [1.29, 1.82) is 0 Å². The van der Waals surface area contributed by atoms with Crippen LogP contribution in [0, 0.1) is 5.82 Å². The predicted molar refractivity (Wildman–Crippen MR) is 101 cm³/mol. The van der Waals surface area contributed by atoms with Crippen LogP contribution >= 0.6 is 0 Å². The number of nitrogens with one attached hydrogen (secondary N) is 1. The molecule has 5 nitrogen and oxygen atoms in total. The number of carbonyl (C=O) groups excluding carboxylic acids is 1. The number of aromatic nitrogens is 2. The lowest BCUT2D eigenvalue weighted by molar-refractivity contribution is -0.113. The minimum Gasteiger partial charge on any atom is -0.337 e. The van der Waals surface area contributed by atoms with Gasteiger partial charge in [-0.3, -0.25) is 4.79 Å². The number of anilines is 2. The highest BCUT2D eigenvalue weighted by Crippen LogP contribution is 2.27. The molecule has 1 N–H and O–H groups in total. The van der Waals surface area contributed by atoms with E-state index in [0.717, 1.165) is 0 Å². The molecule has 0 saturated carbocycles. The molecule has 26 heavy (non-hydrogen) atoms. The standard InChI is InChI=1S/C20H23FN4O/c1-20(2,3)16-6-5-15(13-17(16)21)24-18(26)14-7-11-25(12-8-14)19-22-9-4-10-23-19/h4-7,9-10,13H,8,11-12H2,1-3H3,(H,24,26). The highest BCUT2D eigenvalue weighted by atomic mass is 19.1. The summed E-state index contributed by atoms with van der Waals surface area (Å²) in [5.41, 5.74) is 1.51. The molecule has 1 aliphatic heterocycles. The molecule has 0 aliphatic carbocycles. The van der Waals surface area contributed by atoms with Crippen LogP contribution in [0.15, 0.2) is 48.3 Å². The summed E-state index contributed by atoms with van der Waals surface area (Å²) in [7, 11) is 0. The first-order chi connectivity index (χ1) is 12.3. The lowest BCUT2D eigenvalue weighted by Crippen LogP contribution is -2.32. The minimum absolute atomic E-state index is 0.193. The average molecular weight is 354 g/mol. The number of rotatable bonds is 3. The zero-order chi connectivity index (χ0) is 18.7. The van der Waals surface area contributed by atoms with E-state index in [1.807, 2.05) is 31.7 Å². The maximum atomic E-state index is 14.3. The molecule has 1 aliphatic rings. The topological polar surface area (TPSA) is 58.1 Å². The van der Waals surface area contributed by atoms with Crippen LogP contribution in [0.1, 0.15) is 32.8 Å². The van der Waals surface area contributed by atoms with Crippen LogP contribution in [0.4, 0.5) is 16.0 Å². The van der Waals surface area contributed by atoms with Crippen molar-refractivity contribution in [2.24, 2.45) is 0 Å². The second kappa shape index (κ2) is 7.23. The first kappa shape index (κ1) is 18.0. The summed E-state index contributed by atoms with van der Waals surface area (Å²) >= 11 is 0. The Hall–Kier alpha value is -2.76. The molecule has 136 valence electrons. The quantitative estimate of drug-likeness (QED) is 0.913. The van der Waals surface area contributed by atoms with Crippen LogP contribution in [0.3, 0.4) is 0 Å². The van der Waals surface area contributed by atoms with Gasteiger partial charge in [-0.05, 0) is 35.6 Å². The third-order valence-electron chi connectivity index (χ3n) is 4.37. The van der Waals surface area contributed by atoms with E-state index in [2.05, 4.69) is 15.3 Å². The monoisotopic (exact) mass is 354 g/mol. The highest BCUT2D eigenvalue weighted by molar-refractivity contribution is 6.04. The molecule has 0 spiro atoms. The SMILES string of the molecule is CC(C)(C)c1ccc(NC(=O)C2=CCN(c3ncccn3)CC2)cc1F. The molecule has 1 aromatic carbocycles. The lowest BCUT2D eigenvalue weighted by atomic mass is 9.86. The van der Waals surface area contributed by atoms with Crippen molar-refractivity contribution < 1.29 is 9.18 Å². The maximum absolute atomic E-state index is 14.3. The van der Waals surface area contributed by atoms with E-state index >= 15 is 0 Å². The molecule has 2 aromatic rings. The summed E-state index contributed by atoms with van der Waals surface area (Å²) in [4.78, 5) is 22.9. The van der Waals surface area contributed by atoms with Gasteiger partial charge >= 0.3 is 0 Å². The molecule has 0 bridgehead atoms. The molecule has 3 rings (SSSR count). The third kappa shape index (κ3) is 4.07. The Balaban J connectivity index is 1.66. The number of benzene rings is 1. The molecular formula is C20H23FN4O. The van der Waals surface area contributed by atoms with E-state index in [1.54, 1.807) is 30.6 Å². The Morgan fingerprint density at radius 1 is 1.23 bits per heavy atom. The van der Waals surface area contributed by atoms with Crippen molar-refractivity contribution in [2.45, 2.75) is 32.6 Å². The van der Waals surface area contributed by atoms with Crippen LogP contribution in [0.2, 0.25) is 0 Å². The van der Waals surface area contributed by atoms with Gasteiger partial charge in [0.2, 0.25) is 5.95 Å². The van der Waals surface area contributed by atoms with Gasteiger partial charge in [-0.25, -0.2) is 14.4 Å². The second-order valence-corrected chi connectivity index (χ2v) is 7.37. The van der Waals surface area contributed by atoms with Gasteiger partial charge in [0.15, 0.2) is 0 Å². The van der Waals surface area contributed by atoms with Crippen molar-refractivity contribution in [1.82, 2.24) is 9.97 Å². The first-order valence-electron chi connectivity index (χ1n) is 8.67. The van der Waals surface area contributed by atoms with E-state index in [0.29, 0.717) is 42.3 Å². The van der Waals surface area contributed by atoms with Crippen LogP contribution in [-0.4, -0.2) is 29.0 Å². The molecule has 0 radical (unpaired) electrons. The molecule has 0 unspecified atom stereocenters. The Morgan fingerprint density at radius 2 is 1.96 bits per heavy atom. The van der Waals surface area contributed by atoms with Crippen LogP contribution < -0.4 is 10.2 Å². The van der Waals surface area contributed by atoms with Gasteiger partial charge in [0.1, 0.15) is 5.82 Å². The summed E-state index contributed by atoms with van der Waals surface area (Å²) in [6.07, 6.45) is 5.86. The number of carbonyl (C=O) groups is 1. The van der Waals surface area contributed by atoms with Gasteiger partial charge in [-0.15, -0.1) is 0 Å². The van der Waals surface area contributed by atoms with Gasteiger partial charge in [0, 0.05) is 36.7 Å². The van der Waals surface area contributed by atoms with Crippen LogP contribution in [0.25, 0.3) is 0 Å². The van der Waals surface area contributed by atoms with Gasteiger partial charge in [0.25, 0.3) is 5.91 Å². The molecule has 0 saturated heterocycles. The van der Waals surface area contributed by atoms with E-state index in [-0.39, 0.29) is 17.1 Å². The number of halogens is 1. The minimum atomic E-state index is -0.305. The lowest BCUT2D eigenvalue weighted by Gasteiger charge is -2.26. The van der Waals surface area contributed by atoms with Crippen molar-refractivity contribution in [3.8, 4) is 0 Å². The van der Waals surface area contributed by atoms with Crippen LogP contribution in [-0.2, 0) is 10.2 Å². The molecule has 6 heteroatoms. The third-order valence-corrected chi connectivity index (χ3v) is 4.37. The second-order valence-electron chi connectivity index (χ2n) is 7.37. The molecule has 1 amide bonds. The van der Waals surface area contributed by atoms with E-state index in [1.165, 1.54) is 6.07 Å². The number of nitrogens with zero attached hydrogens (tertiary/aromatic N) is 3. The number of hydrogen-bond acceptors (Lipinski definition) is 4. The Bertz CT molecular complexity index is 827. The Kier molecular flexibility index (Phi) is 5.02. The van der Waals surface area contributed by atoms with Crippen molar-refractivity contribution >= 4 is 17.5 Å². The van der Waals surface area contributed by atoms with Gasteiger partial charge in [-0.1, -0.05) is 32.9 Å². The first-order valence-corrected chi connectivity index (χ1v) is 8.67. The van der Waals surface area contributed by atoms with Crippen molar-refractivity contribution in [3.63, 3.8) is 0 Å². The van der Waals surface area contributed by atoms with Gasteiger partial charge in [-0.2, -0.15) is 0 Å². The highest BCUT2D eigenvalue weighted by Gasteiger charge is 2.21. The summed E-state index contributed by atoms with van der Waals surface area (Å²) in [6.45, 7) is 7.11. The molecule has 0 fully saturated rings. The summed E-state index contributed by atoms with van der Waals surface area (Å²) < 4.78 is 14.3. The summed E-state index contributed by atoms with van der Waals surface area (Å²) in [5.74, 6) is 0.157. The predicted octanol–water partition coefficient (Wildman–Crippen LogP) is 3.69. The van der Waals surface area contributed by atoms with E-state index < -0.39 is 0 Å². The maximum Gasteiger partial charge on any atom is 0.251 e. The van der Waals surface area contributed by atoms with Crippen molar-refractivity contribution in [3.05, 3.63) is 59.7 Å². The molecule has 0 atom stereocenters. The fraction of sp³-hybridized carbons (Fsp3) is 0.350. The van der Waals surface area contributed by atoms with E-state index in [4.69, 9.17) is 0 Å².